The summed E-state index contributed by atoms with van der Waals surface area (Å²) in [5, 5.41) is -0.240. The number of nitrogens with zero attached hydrogens (tertiary/aromatic N) is 6. The molecule has 35 heavy (non-hydrogen) atoms. The lowest BCUT2D eigenvalue weighted by atomic mass is 10.2. The fourth-order valence-corrected chi connectivity index (χ4v) is 4.68. The van der Waals surface area contributed by atoms with E-state index in [0.717, 1.165) is 44.3 Å². The lowest BCUT2D eigenvalue weighted by Crippen LogP contribution is -2.28. The second-order valence-corrected chi connectivity index (χ2v) is 9.99. The van der Waals surface area contributed by atoms with Gasteiger partial charge in [-0.1, -0.05) is 0 Å². The number of hydrogen-bond acceptors (Lipinski definition) is 9. The summed E-state index contributed by atoms with van der Waals surface area (Å²) in [6, 6.07) is 5.22. The van der Waals surface area contributed by atoms with E-state index in [1.807, 2.05) is 17.9 Å². The Hall–Kier alpha value is -3.67. The normalized spacial score (nSPS) is 15.2. The molecule has 0 aromatic carbocycles. The van der Waals surface area contributed by atoms with Gasteiger partial charge in [-0.2, -0.15) is 0 Å². The lowest BCUT2D eigenvalue weighted by molar-refractivity contribution is 0.0787. The monoisotopic (exact) mass is 499 g/mol. The van der Waals surface area contributed by atoms with E-state index in [0.29, 0.717) is 23.9 Å². The van der Waals surface area contributed by atoms with Crippen LogP contribution in [-0.2, 0) is 10.0 Å². The van der Waals surface area contributed by atoms with E-state index in [1.54, 1.807) is 30.7 Å². The Labute approximate surface area is 205 Å². The molecule has 3 aromatic heterocycles. The highest BCUT2D eigenvalue weighted by Gasteiger charge is 2.36. The first-order valence-corrected chi connectivity index (χ1v) is 13.0. The van der Waals surface area contributed by atoms with E-state index in [9.17, 15) is 13.2 Å². The first kappa shape index (κ1) is 24.5. The minimum atomic E-state index is -3.22. The van der Waals surface area contributed by atoms with Crippen LogP contribution in [0.15, 0.2) is 49.2 Å². The van der Waals surface area contributed by atoms with Crippen molar-refractivity contribution in [3.63, 3.8) is 0 Å². The molecule has 2 aliphatic rings. The van der Waals surface area contributed by atoms with Gasteiger partial charge in [0.1, 0.15) is 5.69 Å². The second-order valence-electron chi connectivity index (χ2n) is 8.03. The van der Waals surface area contributed by atoms with Crippen LogP contribution in [0.2, 0.25) is 0 Å². The average Bonchev–Trinajstić information content (AvgIpc) is 3.61. The van der Waals surface area contributed by atoms with Crippen molar-refractivity contribution in [2.24, 2.45) is 0 Å². The molecule has 1 saturated heterocycles. The quantitative estimate of drug-likeness (QED) is 0.519. The summed E-state index contributed by atoms with van der Waals surface area (Å²) in [5.41, 5.74) is 1.96. The molecule has 0 bridgehead atoms. The van der Waals surface area contributed by atoms with Gasteiger partial charge < -0.3 is 9.64 Å². The van der Waals surface area contributed by atoms with Crippen LogP contribution in [0, 0.1) is 0 Å². The van der Waals surface area contributed by atoms with Gasteiger partial charge in [-0.15, -0.1) is 0 Å². The van der Waals surface area contributed by atoms with Gasteiger partial charge in [-0.3, -0.25) is 19.5 Å². The molecule has 1 saturated carbocycles. The summed E-state index contributed by atoms with van der Waals surface area (Å²) < 4.78 is 30.4. The Morgan fingerprint density at radius 3 is 2.49 bits per heavy atom. The predicted octanol–water partition coefficient (Wildman–Crippen LogP) is 2.80. The van der Waals surface area contributed by atoms with Crippen LogP contribution < -0.4 is 9.46 Å². The van der Waals surface area contributed by atoms with Crippen molar-refractivity contribution in [2.75, 3.05) is 24.4 Å². The number of pyridine rings is 1. The summed E-state index contributed by atoms with van der Waals surface area (Å²) in [6.07, 6.45) is 11.5. The molecule has 0 atom stereocenters. The molecule has 4 heterocycles. The topological polar surface area (TPSA) is 140 Å². The molecule has 2 fully saturated rings. The predicted molar refractivity (Wildman–Crippen MR) is 131 cm³/mol. The number of carbonyl (C=O) groups excluding carboxylic acids is 1. The Balaban J connectivity index is 0.000000221. The number of carbonyl (C=O) groups is 1. The zero-order valence-electron chi connectivity index (χ0n) is 19.4. The SMILES string of the molecule is CCOc1cncc(-c2ccc(C(=O)N3CCCC3)nc2)n1.O=S(=O)(Nc1ncccn1)C1CC1.[HH]. The Kier molecular flexibility index (Phi) is 7.80. The molecular weight excluding hydrogens is 470 g/mol. The summed E-state index contributed by atoms with van der Waals surface area (Å²) in [7, 11) is -3.22. The summed E-state index contributed by atoms with van der Waals surface area (Å²) >= 11 is 0. The zero-order valence-corrected chi connectivity index (χ0v) is 20.2. The maximum Gasteiger partial charge on any atom is 0.272 e. The number of anilines is 1. The number of amides is 1. The van der Waals surface area contributed by atoms with E-state index in [-0.39, 0.29) is 18.5 Å². The van der Waals surface area contributed by atoms with E-state index in [1.165, 1.54) is 12.4 Å². The fraction of sp³-hybridized carbons (Fsp3) is 0.391. The molecular formula is C23H29N7O4S. The van der Waals surface area contributed by atoms with Gasteiger partial charge in [0, 0.05) is 38.7 Å². The summed E-state index contributed by atoms with van der Waals surface area (Å²) in [6.45, 7) is 4.09. The highest BCUT2D eigenvalue weighted by Crippen LogP contribution is 2.28. The van der Waals surface area contributed by atoms with Crippen molar-refractivity contribution >= 4 is 21.9 Å². The summed E-state index contributed by atoms with van der Waals surface area (Å²) in [5.74, 6) is 0.629. The Bertz CT molecular complexity index is 1240. The van der Waals surface area contributed by atoms with Gasteiger partial charge in [0.25, 0.3) is 5.91 Å². The smallest absolute Gasteiger partial charge is 0.272 e. The van der Waals surface area contributed by atoms with Gasteiger partial charge >= 0.3 is 0 Å². The fourth-order valence-electron chi connectivity index (χ4n) is 3.40. The van der Waals surface area contributed by atoms with Gasteiger partial charge in [0.2, 0.25) is 21.9 Å². The molecule has 3 aromatic rings. The molecule has 1 aliphatic heterocycles. The molecule has 0 radical (unpaired) electrons. The van der Waals surface area contributed by atoms with Crippen LogP contribution >= 0.6 is 0 Å². The second kappa shape index (κ2) is 11.2. The van der Waals surface area contributed by atoms with E-state index in [2.05, 4.69) is 29.6 Å². The van der Waals surface area contributed by atoms with Crippen molar-refractivity contribution < 1.29 is 19.4 Å². The molecule has 186 valence electrons. The lowest BCUT2D eigenvalue weighted by Gasteiger charge is -2.14. The third-order valence-electron chi connectivity index (χ3n) is 5.34. The largest absolute Gasteiger partial charge is 0.477 e. The van der Waals surface area contributed by atoms with E-state index < -0.39 is 10.0 Å². The number of likely N-dealkylation sites (tertiary alicyclic amines) is 1. The number of aromatic nitrogens is 5. The minimum Gasteiger partial charge on any atom is -0.477 e. The van der Waals surface area contributed by atoms with Crippen LogP contribution in [0.4, 0.5) is 5.95 Å². The van der Waals surface area contributed by atoms with E-state index in [4.69, 9.17) is 4.74 Å². The molecule has 11 nitrogen and oxygen atoms in total. The zero-order chi connectivity index (χ0) is 24.7. The third-order valence-corrected chi connectivity index (χ3v) is 7.15. The highest BCUT2D eigenvalue weighted by molar-refractivity contribution is 7.93. The number of nitrogens with one attached hydrogen (secondary N) is 1. The van der Waals surface area contributed by atoms with Crippen LogP contribution in [0.1, 0.15) is 44.5 Å². The number of rotatable bonds is 7. The number of sulfonamides is 1. The molecule has 1 amide bonds. The van der Waals surface area contributed by atoms with E-state index >= 15 is 0 Å². The first-order chi connectivity index (χ1) is 17.0. The molecule has 1 N–H and O–H groups in total. The summed E-state index contributed by atoms with van der Waals surface area (Å²) in [4.78, 5) is 34.4. The van der Waals surface area contributed by atoms with Crippen LogP contribution in [0.5, 0.6) is 5.88 Å². The molecule has 0 unspecified atom stereocenters. The van der Waals surface area contributed by atoms with Crippen LogP contribution in [0.25, 0.3) is 11.3 Å². The van der Waals surface area contributed by atoms with Crippen molar-refractivity contribution in [3.8, 4) is 17.1 Å². The van der Waals surface area contributed by atoms with Crippen molar-refractivity contribution in [1.82, 2.24) is 29.8 Å². The molecule has 1 aliphatic carbocycles. The Morgan fingerprint density at radius 2 is 1.86 bits per heavy atom. The van der Waals surface area contributed by atoms with Crippen molar-refractivity contribution in [1.29, 1.82) is 0 Å². The van der Waals surface area contributed by atoms with Crippen LogP contribution in [-0.4, -0.2) is 69.1 Å². The minimum absolute atomic E-state index is 0. The van der Waals surface area contributed by atoms with Gasteiger partial charge in [-0.05, 0) is 50.8 Å². The molecule has 12 heteroatoms. The maximum atomic E-state index is 12.2. The Morgan fingerprint density at radius 1 is 1.11 bits per heavy atom. The average molecular weight is 500 g/mol. The van der Waals surface area contributed by atoms with Gasteiger partial charge in [0.05, 0.1) is 29.9 Å². The standard InChI is InChI=1S/C16H18N4O2.C7H9N3O2S.H2/c1-2-22-15-11-17-10-14(19-15)12-5-6-13(18-9-12)16(21)20-7-3-4-8-20;11-13(12,6-2-3-6)10-7-8-4-1-5-9-7;/h5-6,9-11H,2-4,7-8H2,1H3;1,4-6H,2-3H2,(H,8,9,10);1H. The maximum absolute atomic E-state index is 12.2. The van der Waals surface area contributed by atoms with Crippen molar-refractivity contribution in [3.05, 3.63) is 54.9 Å². The van der Waals surface area contributed by atoms with Crippen molar-refractivity contribution in [2.45, 2.75) is 37.9 Å². The van der Waals surface area contributed by atoms with Gasteiger partial charge in [0.15, 0.2) is 0 Å². The third kappa shape index (κ3) is 6.69. The highest BCUT2D eigenvalue weighted by atomic mass is 32.2. The number of hydrogen-bond donors (Lipinski definition) is 1. The van der Waals surface area contributed by atoms with Gasteiger partial charge in [-0.25, -0.2) is 23.4 Å². The molecule has 0 spiro atoms. The number of ether oxygens (including phenoxy) is 1. The molecule has 5 rings (SSSR count). The van der Waals surface area contributed by atoms with Crippen LogP contribution in [0.3, 0.4) is 0 Å². The first-order valence-electron chi connectivity index (χ1n) is 11.5.